The maximum absolute atomic E-state index is 14.2. The Labute approximate surface area is 206 Å². The van der Waals surface area contributed by atoms with Gasteiger partial charge in [-0.05, 0) is 48.5 Å². The summed E-state index contributed by atoms with van der Waals surface area (Å²) >= 11 is 0. The van der Waals surface area contributed by atoms with E-state index in [2.05, 4.69) is 19.8 Å². The number of aromatic nitrogens is 4. The second-order valence-corrected chi connectivity index (χ2v) is 7.66. The molecule has 0 atom stereocenters. The van der Waals surface area contributed by atoms with Crippen LogP contribution in [0.4, 0.5) is 26.3 Å². The summed E-state index contributed by atoms with van der Waals surface area (Å²) in [6.07, 6.45) is -6.23. The van der Waals surface area contributed by atoms with Crippen LogP contribution in [0, 0.1) is 0 Å². The fourth-order valence-corrected chi connectivity index (χ4v) is 3.51. The van der Waals surface area contributed by atoms with Crippen molar-refractivity contribution in [1.29, 1.82) is 0 Å². The smallest absolute Gasteiger partial charge is 0.406 e. The largest absolute Gasteiger partial charge is 0.573 e. The number of hydrogen-bond acceptors (Lipinski definition) is 5. The Bertz CT molecular complexity index is 1300. The predicted octanol–water partition coefficient (Wildman–Crippen LogP) is 5.42. The molecule has 13 heteroatoms. The summed E-state index contributed by atoms with van der Waals surface area (Å²) in [5.41, 5.74) is -1.47. The number of halogens is 6. The van der Waals surface area contributed by atoms with Crippen molar-refractivity contribution >= 4 is 5.91 Å². The van der Waals surface area contributed by atoms with E-state index >= 15 is 0 Å². The SMILES string of the molecule is O=C(c1cnn(-c2ccc(OC(F)(F)F)cc2)c1C(F)(F)F)N(Cc1ccccn1)Cc1ccccn1. The molecule has 0 N–H and O–H groups in total. The number of carbonyl (C=O) groups is 1. The molecule has 0 saturated heterocycles. The van der Waals surface area contributed by atoms with E-state index in [1.165, 1.54) is 12.4 Å². The van der Waals surface area contributed by atoms with Crippen LogP contribution in [-0.4, -0.2) is 36.9 Å². The molecule has 7 nitrogen and oxygen atoms in total. The van der Waals surface area contributed by atoms with Crippen molar-refractivity contribution in [2.75, 3.05) is 0 Å². The Kier molecular flexibility index (Phi) is 7.14. The van der Waals surface area contributed by atoms with Gasteiger partial charge in [-0.15, -0.1) is 13.2 Å². The van der Waals surface area contributed by atoms with Crippen molar-refractivity contribution in [3.63, 3.8) is 0 Å². The van der Waals surface area contributed by atoms with Crippen molar-refractivity contribution < 1.29 is 35.9 Å². The highest BCUT2D eigenvalue weighted by atomic mass is 19.4. The first-order chi connectivity index (χ1) is 17.5. The number of ether oxygens (including phenoxy) is 1. The van der Waals surface area contributed by atoms with Gasteiger partial charge in [0.15, 0.2) is 5.69 Å². The van der Waals surface area contributed by atoms with E-state index < -0.39 is 35.5 Å². The minimum atomic E-state index is -5.02. The lowest BCUT2D eigenvalue weighted by atomic mass is 10.1. The third-order valence-electron chi connectivity index (χ3n) is 5.03. The molecule has 4 rings (SSSR count). The summed E-state index contributed by atoms with van der Waals surface area (Å²) in [7, 11) is 0. The summed E-state index contributed by atoms with van der Waals surface area (Å²) in [6.45, 7) is -0.218. The Morgan fingerprint density at radius 2 is 1.41 bits per heavy atom. The molecule has 0 aliphatic carbocycles. The van der Waals surface area contributed by atoms with Gasteiger partial charge in [0.1, 0.15) is 5.75 Å². The van der Waals surface area contributed by atoms with Gasteiger partial charge < -0.3 is 9.64 Å². The van der Waals surface area contributed by atoms with Gasteiger partial charge in [-0.2, -0.15) is 18.3 Å². The molecule has 1 amide bonds. The lowest BCUT2D eigenvalue weighted by Crippen LogP contribution is -2.32. The number of carbonyl (C=O) groups excluding carboxylic acids is 1. The Morgan fingerprint density at radius 1 is 0.838 bits per heavy atom. The topological polar surface area (TPSA) is 73.1 Å². The average molecular weight is 521 g/mol. The van der Waals surface area contributed by atoms with Crippen molar-refractivity contribution in [2.24, 2.45) is 0 Å². The second-order valence-electron chi connectivity index (χ2n) is 7.66. The first-order valence-corrected chi connectivity index (χ1v) is 10.6. The molecular weight excluding hydrogens is 504 g/mol. The van der Waals surface area contributed by atoms with E-state index in [1.54, 1.807) is 36.4 Å². The molecule has 0 saturated carbocycles. The van der Waals surface area contributed by atoms with Gasteiger partial charge in [-0.25, -0.2) is 4.68 Å². The molecule has 192 valence electrons. The van der Waals surface area contributed by atoms with E-state index in [9.17, 15) is 31.1 Å². The molecular formula is C24H17F6N5O2. The zero-order valence-electron chi connectivity index (χ0n) is 18.7. The van der Waals surface area contributed by atoms with Gasteiger partial charge in [0.05, 0.1) is 41.9 Å². The van der Waals surface area contributed by atoms with Crippen LogP contribution in [0.5, 0.6) is 5.75 Å². The van der Waals surface area contributed by atoms with E-state index in [0.717, 1.165) is 35.4 Å². The molecule has 0 fully saturated rings. The molecule has 1 aromatic carbocycles. The molecule has 0 radical (unpaired) electrons. The summed E-state index contributed by atoms with van der Waals surface area (Å²) < 4.78 is 84.0. The van der Waals surface area contributed by atoms with Crippen molar-refractivity contribution in [1.82, 2.24) is 24.6 Å². The second kappa shape index (κ2) is 10.3. The average Bonchev–Trinajstić information content (AvgIpc) is 3.30. The number of hydrogen-bond donors (Lipinski definition) is 0. The molecule has 0 aliphatic rings. The van der Waals surface area contributed by atoms with Crippen molar-refractivity contribution in [3.05, 3.63) is 102 Å². The normalized spacial score (nSPS) is 11.8. The zero-order valence-corrected chi connectivity index (χ0v) is 18.7. The fraction of sp³-hybridized carbons (Fsp3) is 0.167. The Balaban J connectivity index is 1.71. The lowest BCUT2D eigenvalue weighted by Gasteiger charge is -2.23. The number of rotatable bonds is 7. The van der Waals surface area contributed by atoms with Crippen LogP contribution in [0.2, 0.25) is 0 Å². The van der Waals surface area contributed by atoms with Gasteiger partial charge in [-0.3, -0.25) is 14.8 Å². The first kappa shape index (κ1) is 25.7. The van der Waals surface area contributed by atoms with Crippen LogP contribution < -0.4 is 4.74 Å². The van der Waals surface area contributed by atoms with Gasteiger partial charge in [0, 0.05) is 12.4 Å². The Hall–Kier alpha value is -4.42. The molecule has 0 unspecified atom stereocenters. The molecule has 0 bridgehead atoms. The molecule has 0 spiro atoms. The van der Waals surface area contributed by atoms with Gasteiger partial charge in [0.25, 0.3) is 5.91 Å². The van der Waals surface area contributed by atoms with Crippen molar-refractivity contribution in [2.45, 2.75) is 25.6 Å². The van der Waals surface area contributed by atoms with Gasteiger partial charge in [0.2, 0.25) is 0 Å². The quantitative estimate of drug-likeness (QED) is 0.304. The highest BCUT2D eigenvalue weighted by molar-refractivity contribution is 5.95. The number of benzene rings is 1. The van der Waals surface area contributed by atoms with Crippen LogP contribution in [0.1, 0.15) is 27.4 Å². The standard InChI is InChI=1S/C24H17F6N5O2/c25-23(26,27)21-20(13-33-35(21)18-7-9-19(10-8-18)37-24(28,29)30)22(36)34(14-16-5-1-3-11-31-16)15-17-6-2-4-12-32-17/h1-13H,14-15H2. The van der Waals surface area contributed by atoms with Crippen LogP contribution in [0.3, 0.4) is 0 Å². The zero-order chi connectivity index (χ0) is 26.6. The highest BCUT2D eigenvalue weighted by Crippen LogP contribution is 2.35. The molecule has 0 aliphatic heterocycles. The van der Waals surface area contributed by atoms with Gasteiger partial charge >= 0.3 is 12.5 Å². The molecule has 4 aromatic rings. The van der Waals surface area contributed by atoms with E-state index in [-0.39, 0.29) is 18.8 Å². The maximum atomic E-state index is 14.2. The van der Waals surface area contributed by atoms with Gasteiger partial charge in [-0.1, -0.05) is 12.1 Å². The minimum absolute atomic E-state index is 0.109. The van der Waals surface area contributed by atoms with Crippen molar-refractivity contribution in [3.8, 4) is 11.4 Å². The monoisotopic (exact) mass is 521 g/mol. The van der Waals surface area contributed by atoms with Crippen LogP contribution in [0.25, 0.3) is 5.69 Å². The number of alkyl halides is 6. The fourth-order valence-electron chi connectivity index (χ4n) is 3.51. The van der Waals surface area contributed by atoms with E-state index in [4.69, 9.17) is 0 Å². The predicted molar refractivity (Wildman–Crippen MR) is 117 cm³/mol. The molecule has 3 aromatic heterocycles. The Morgan fingerprint density at radius 3 is 1.86 bits per heavy atom. The third kappa shape index (κ3) is 6.42. The van der Waals surface area contributed by atoms with E-state index in [1.807, 2.05) is 0 Å². The third-order valence-corrected chi connectivity index (χ3v) is 5.03. The van der Waals surface area contributed by atoms with Crippen LogP contribution in [-0.2, 0) is 19.3 Å². The number of pyridine rings is 2. The summed E-state index contributed by atoms with van der Waals surface area (Å²) in [6, 6.07) is 13.6. The first-order valence-electron chi connectivity index (χ1n) is 10.6. The summed E-state index contributed by atoms with van der Waals surface area (Å²) in [5, 5.41) is 3.73. The lowest BCUT2D eigenvalue weighted by molar-refractivity contribution is -0.274. The number of amides is 1. The minimum Gasteiger partial charge on any atom is -0.406 e. The summed E-state index contributed by atoms with van der Waals surface area (Å²) in [5.74, 6) is -1.60. The molecule has 3 heterocycles. The maximum Gasteiger partial charge on any atom is 0.573 e. The van der Waals surface area contributed by atoms with Crippen LogP contribution in [0.15, 0.2) is 79.3 Å². The highest BCUT2D eigenvalue weighted by Gasteiger charge is 2.41. The molecule has 37 heavy (non-hydrogen) atoms. The summed E-state index contributed by atoms with van der Waals surface area (Å²) in [4.78, 5) is 22.9. The van der Waals surface area contributed by atoms with E-state index in [0.29, 0.717) is 16.1 Å². The van der Waals surface area contributed by atoms with Crippen LogP contribution >= 0.6 is 0 Å². The number of nitrogens with zero attached hydrogens (tertiary/aromatic N) is 5.